The van der Waals surface area contributed by atoms with Crippen LogP contribution in [-0.4, -0.2) is 31.6 Å². The average Bonchev–Trinajstić information content (AvgIpc) is 3.05. The van der Waals surface area contributed by atoms with E-state index in [4.69, 9.17) is 9.26 Å². The lowest BCUT2D eigenvalue weighted by molar-refractivity contribution is 0.174. The van der Waals surface area contributed by atoms with Crippen LogP contribution in [0.5, 0.6) is 0 Å². The average molecular weight is 277 g/mol. The maximum atomic E-state index is 5.12. The van der Waals surface area contributed by atoms with E-state index in [0.717, 1.165) is 10.7 Å². The van der Waals surface area contributed by atoms with Gasteiger partial charge in [0.15, 0.2) is 11.5 Å². The van der Waals surface area contributed by atoms with E-state index in [0.29, 0.717) is 24.1 Å². The molecule has 0 aromatic carbocycles. The number of fused-ring (bicyclic) bond motifs is 1. The van der Waals surface area contributed by atoms with Gasteiger partial charge in [-0.2, -0.15) is 4.98 Å². The first-order valence-corrected chi connectivity index (χ1v) is 6.56. The molecule has 0 aliphatic heterocycles. The molecule has 0 spiro atoms. The lowest BCUT2D eigenvalue weighted by Gasteiger charge is -1.99. The number of hydrogen-bond acceptors (Lipinski definition) is 7. The smallest absolute Gasteiger partial charge is 0.237 e. The van der Waals surface area contributed by atoms with Gasteiger partial charge in [0.1, 0.15) is 11.6 Å². The molecule has 0 bridgehead atoms. The minimum absolute atomic E-state index is 0.349. The van der Waals surface area contributed by atoms with E-state index in [-0.39, 0.29) is 0 Å². The van der Waals surface area contributed by atoms with Gasteiger partial charge in [-0.15, -0.1) is 0 Å². The lowest BCUT2D eigenvalue weighted by Crippen LogP contribution is -1.91. The molecule has 0 radical (unpaired) electrons. The van der Waals surface area contributed by atoms with Gasteiger partial charge < -0.3 is 13.7 Å². The highest BCUT2D eigenvalue weighted by molar-refractivity contribution is 7.98. The highest BCUT2D eigenvalue weighted by atomic mass is 32.2. The van der Waals surface area contributed by atoms with Crippen molar-refractivity contribution in [2.24, 2.45) is 0 Å². The third-order valence-corrected chi connectivity index (χ3v) is 3.35. The van der Waals surface area contributed by atoms with Crippen molar-refractivity contribution >= 4 is 17.4 Å². The summed E-state index contributed by atoms with van der Waals surface area (Å²) in [6.07, 6.45) is 7.21. The van der Waals surface area contributed by atoms with Gasteiger partial charge in [0.2, 0.25) is 5.89 Å². The second kappa shape index (κ2) is 5.37. The van der Waals surface area contributed by atoms with E-state index in [1.807, 2.05) is 16.8 Å². The van der Waals surface area contributed by atoms with Gasteiger partial charge in [0, 0.05) is 31.9 Å². The molecular weight excluding hydrogens is 266 g/mol. The third kappa shape index (κ3) is 2.59. The van der Waals surface area contributed by atoms with Gasteiger partial charge in [-0.1, -0.05) is 16.9 Å². The number of aromatic nitrogens is 5. The van der Waals surface area contributed by atoms with Crippen LogP contribution in [0.3, 0.4) is 0 Å². The Kier molecular flexibility index (Phi) is 3.43. The third-order valence-electron chi connectivity index (χ3n) is 2.39. The Balaban J connectivity index is 1.73. The SMILES string of the molecule is COCc1noc(CSc2nccn3ccnc23)n1. The second-order valence-corrected chi connectivity index (χ2v) is 4.68. The quantitative estimate of drug-likeness (QED) is 0.655. The Morgan fingerprint density at radius 3 is 3.00 bits per heavy atom. The van der Waals surface area contributed by atoms with Crippen LogP contribution in [0.15, 0.2) is 34.3 Å². The zero-order chi connectivity index (χ0) is 13.1. The molecular formula is C11H11N5O2S. The van der Waals surface area contributed by atoms with Crippen molar-refractivity contribution in [2.75, 3.05) is 7.11 Å². The number of ether oxygens (including phenoxy) is 1. The maximum Gasteiger partial charge on any atom is 0.237 e. The molecule has 3 aromatic rings. The highest BCUT2D eigenvalue weighted by Crippen LogP contribution is 2.23. The van der Waals surface area contributed by atoms with E-state index in [2.05, 4.69) is 20.1 Å². The van der Waals surface area contributed by atoms with E-state index in [1.54, 1.807) is 19.5 Å². The van der Waals surface area contributed by atoms with Crippen LogP contribution in [0.4, 0.5) is 0 Å². The molecule has 0 amide bonds. The summed E-state index contributed by atoms with van der Waals surface area (Å²) in [6.45, 7) is 0.349. The van der Waals surface area contributed by atoms with Gasteiger partial charge in [-0.25, -0.2) is 9.97 Å². The van der Waals surface area contributed by atoms with Crippen molar-refractivity contribution in [1.29, 1.82) is 0 Å². The van der Waals surface area contributed by atoms with Crippen LogP contribution in [0.25, 0.3) is 5.65 Å². The van der Waals surface area contributed by atoms with Crippen molar-refractivity contribution in [3.05, 3.63) is 36.5 Å². The molecule has 7 nitrogen and oxygen atoms in total. The molecule has 8 heteroatoms. The number of imidazole rings is 1. The van der Waals surface area contributed by atoms with Gasteiger partial charge >= 0.3 is 0 Å². The molecule has 19 heavy (non-hydrogen) atoms. The molecule has 3 aromatic heterocycles. The standard InChI is InChI=1S/C11H11N5O2S/c1-17-6-8-14-9(18-15-8)7-19-11-10-12-2-4-16(10)5-3-13-11/h2-5H,6-7H2,1H3. The summed E-state index contributed by atoms with van der Waals surface area (Å²) in [7, 11) is 1.59. The zero-order valence-electron chi connectivity index (χ0n) is 10.2. The van der Waals surface area contributed by atoms with Crippen LogP contribution in [0.2, 0.25) is 0 Å². The Labute approximate surface area is 113 Å². The van der Waals surface area contributed by atoms with Crippen LogP contribution in [0, 0.1) is 0 Å². The number of thioether (sulfide) groups is 1. The minimum Gasteiger partial charge on any atom is -0.377 e. The first kappa shape index (κ1) is 12.1. The summed E-state index contributed by atoms with van der Waals surface area (Å²) in [6, 6.07) is 0. The number of hydrogen-bond donors (Lipinski definition) is 0. The summed E-state index contributed by atoms with van der Waals surface area (Å²) in [5, 5.41) is 4.64. The predicted molar refractivity (Wildman–Crippen MR) is 67.6 cm³/mol. The normalized spacial score (nSPS) is 11.2. The lowest BCUT2D eigenvalue weighted by atomic mass is 10.6. The first-order valence-electron chi connectivity index (χ1n) is 5.57. The van der Waals surface area contributed by atoms with E-state index < -0.39 is 0 Å². The van der Waals surface area contributed by atoms with Crippen LogP contribution < -0.4 is 0 Å². The summed E-state index contributed by atoms with van der Waals surface area (Å²) in [5.41, 5.74) is 0.823. The molecule has 0 aliphatic rings. The van der Waals surface area contributed by atoms with Gasteiger partial charge in [0.05, 0.1) is 5.75 Å². The molecule has 3 rings (SSSR count). The molecule has 0 fully saturated rings. The Hall–Kier alpha value is -1.93. The fourth-order valence-electron chi connectivity index (χ4n) is 1.60. The monoisotopic (exact) mass is 277 g/mol. The van der Waals surface area contributed by atoms with Crippen LogP contribution >= 0.6 is 11.8 Å². The molecule has 3 heterocycles. The van der Waals surface area contributed by atoms with E-state index in [1.165, 1.54) is 11.8 Å². The maximum absolute atomic E-state index is 5.12. The fourth-order valence-corrected chi connectivity index (χ4v) is 2.40. The van der Waals surface area contributed by atoms with Crippen LogP contribution in [0.1, 0.15) is 11.7 Å². The number of methoxy groups -OCH3 is 1. The van der Waals surface area contributed by atoms with Crippen molar-refractivity contribution in [3.63, 3.8) is 0 Å². The molecule has 0 N–H and O–H groups in total. The van der Waals surface area contributed by atoms with E-state index in [9.17, 15) is 0 Å². The molecule has 0 atom stereocenters. The van der Waals surface area contributed by atoms with Crippen molar-refractivity contribution < 1.29 is 9.26 Å². The topological polar surface area (TPSA) is 78.3 Å². The predicted octanol–water partition coefficient (Wildman–Crippen LogP) is 1.55. The zero-order valence-corrected chi connectivity index (χ0v) is 11.0. The van der Waals surface area contributed by atoms with Crippen molar-refractivity contribution in [3.8, 4) is 0 Å². The van der Waals surface area contributed by atoms with Crippen molar-refractivity contribution in [1.82, 2.24) is 24.5 Å². The summed E-state index contributed by atoms with van der Waals surface area (Å²) in [5.74, 6) is 1.65. The Morgan fingerprint density at radius 1 is 1.32 bits per heavy atom. The number of rotatable bonds is 5. The summed E-state index contributed by atoms with van der Waals surface area (Å²) in [4.78, 5) is 12.8. The Bertz CT molecular complexity index is 680. The summed E-state index contributed by atoms with van der Waals surface area (Å²) < 4.78 is 12.0. The minimum atomic E-state index is 0.349. The molecule has 0 saturated heterocycles. The fraction of sp³-hybridized carbons (Fsp3) is 0.273. The van der Waals surface area contributed by atoms with Gasteiger partial charge in [0.25, 0.3) is 0 Å². The second-order valence-electron chi connectivity index (χ2n) is 3.72. The van der Waals surface area contributed by atoms with Crippen molar-refractivity contribution in [2.45, 2.75) is 17.4 Å². The largest absolute Gasteiger partial charge is 0.377 e. The first-order chi connectivity index (χ1) is 9.36. The van der Waals surface area contributed by atoms with Crippen LogP contribution in [-0.2, 0) is 17.1 Å². The molecule has 0 unspecified atom stereocenters. The molecule has 98 valence electrons. The highest BCUT2D eigenvalue weighted by Gasteiger charge is 2.09. The van der Waals surface area contributed by atoms with E-state index >= 15 is 0 Å². The number of nitrogens with zero attached hydrogens (tertiary/aromatic N) is 5. The molecule has 0 aliphatic carbocycles. The Morgan fingerprint density at radius 2 is 2.16 bits per heavy atom. The van der Waals surface area contributed by atoms with Gasteiger partial charge in [-0.3, -0.25) is 0 Å². The summed E-state index contributed by atoms with van der Waals surface area (Å²) >= 11 is 1.51. The van der Waals surface area contributed by atoms with Gasteiger partial charge in [-0.05, 0) is 0 Å². The molecule has 0 saturated carbocycles.